The Bertz CT molecular complexity index is 846. The number of hydrogen-bond acceptors (Lipinski definition) is 4. The molecule has 0 bridgehead atoms. The molecule has 0 unspecified atom stereocenters. The predicted molar refractivity (Wildman–Crippen MR) is 102 cm³/mol. The van der Waals surface area contributed by atoms with E-state index in [4.69, 9.17) is 4.74 Å². The summed E-state index contributed by atoms with van der Waals surface area (Å²) >= 11 is 0. The second-order valence-electron chi connectivity index (χ2n) is 6.29. The highest BCUT2D eigenvalue weighted by Crippen LogP contribution is 2.18. The van der Waals surface area contributed by atoms with E-state index >= 15 is 0 Å². The molecular weight excluding hydrogens is 352 g/mol. The number of hydrogen-bond donors (Lipinski definition) is 2. The molecule has 0 aliphatic heterocycles. The molecule has 0 heterocycles. The van der Waals surface area contributed by atoms with E-state index in [-0.39, 0.29) is 10.8 Å². The zero-order valence-corrected chi connectivity index (χ0v) is 16.0. The van der Waals surface area contributed by atoms with Crippen molar-refractivity contribution in [3.8, 4) is 5.75 Å². The Balaban J connectivity index is 2.04. The van der Waals surface area contributed by atoms with E-state index in [0.29, 0.717) is 29.5 Å². The van der Waals surface area contributed by atoms with Crippen molar-refractivity contribution in [1.29, 1.82) is 0 Å². The molecule has 26 heavy (non-hydrogen) atoms. The van der Waals surface area contributed by atoms with Gasteiger partial charge in [-0.05, 0) is 48.7 Å². The number of carbonyl (C=O) groups excluding carboxylic acids is 1. The SMILES string of the molecule is COc1cccc(NC(=O)c2ccc(S(=O)(=O)NCCC(C)C)cc2)c1. The highest BCUT2D eigenvalue weighted by atomic mass is 32.2. The fraction of sp³-hybridized carbons (Fsp3) is 0.316. The first-order valence-electron chi connectivity index (χ1n) is 8.37. The van der Waals surface area contributed by atoms with Gasteiger partial charge in [0.05, 0.1) is 12.0 Å². The molecule has 140 valence electrons. The van der Waals surface area contributed by atoms with Crippen LogP contribution < -0.4 is 14.8 Å². The molecule has 0 aromatic heterocycles. The van der Waals surface area contributed by atoms with Crippen LogP contribution in [0.2, 0.25) is 0 Å². The molecule has 0 aliphatic rings. The van der Waals surface area contributed by atoms with Crippen molar-refractivity contribution in [3.63, 3.8) is 0 Å². The van der Waals surface area contributed by atoms with Crippen LogP contribution in [0.3, 0.4) is 0 Å². The molecule has 0 fully saturated rings. The van der Waals surface area contributed by atoms with Gasteiger partial charge in [-0.1, -0.05) is 19.9 Å². The number of ether oxygens (including phenoxy) is 1. The van der Waals surface area contributed by atoms with Crippen molar-refractivity contribution in [2.24, 2.45) is 5.92 Å². The fourth-order valence-electron chi connectivity index (χ4n) is 2.25. The lowest BCUT2D eigenvalue weighted by molar-refractivity contribution is 0.102. The molecule has 0 spiro atoms. The molecular formula is C19H24N2O4S. The predicted octanol–water partition coefficient (Wildman–Crippen LogP) is 3.27. The minimum Gasteiger partial charge on any atom is -0.497 e. The number of methoxy groups -OCH3 is 1. The summed E-state index contributed by atoms with van der Waals surface area (Å²) in [5.74, 6) is 0.729. The summed E-state index contributed by atoms with van der Waals surface area (Å²) in [6.45, 7) is 4.45. The Morgan fingerprint density at radius 2 is 1.81 bits per heavy atom. The molecule has 7 heteroatoms. The molecule has 6 nitrogen and oxygen atoms in total. The lowest BCUT2D eigenvalue weighted by atomic mass is 10.1. The Kier molecular flexibility index (Phi) is 6.76. The summed E-state index contributed by atoms with van der Waals surface area (Å²) in [5.41, 5.74) is 0.968. The van der Waals surface area contributed by atoms with Crippen LogP contribution in [-0.4, -0.2) is 28.0 Å². The minimum atomic E-state index is -3.56. The monoisotopic (exact) mass is 376 g/mol. The van der Waals surface area contributed by atoms with Crippen LogP contribution in [-0.2, 0) is 10.0 Å². The van der Waals surface area contributed by atoms with Crippen LogP contribution in [0.4, 0.5) is 5.69 Å². The summed E-state index contributed by atoms with van der Waals surface area (Å²) in [5, 5.41) is 2.75. The molecule has 2 aromatic carbocycles. The lowest BCUT2D eigenvalue weighted by Crippen LogP contribution is -2.25. The van der Waals surface area contributed by atoms with Crippen molar-refractivity contribution < 1.29 is 17.9 Å². The zero-order valence-electron chi connectivity index (χ0n) is 15.2. The van der Waals surface area contributed by atoms with E-state index in [1.165, 1.54) is 24.3 Å². The van der Waals surface area contributed by atoms with Gasteiger partial charge in [-0.3, -0.25) is 4.79 Å². The van der Waals surface area contributed by atoms with Gasteiger partial charge in [0.2, 0.25) is 10.0 Å². The minimum absolute atomic E-state index is 0.138. The van der Waals surface area contributed by atoms with Crippen LogP contribution in [0.15, 0.2) is 53.4 Å². The number of sulfonamides is 1. The molecule has 0 radical (unpaired) electrons. The van der Waals surface area contributed by atoms with Gasteiger partial charge in [-0.2, -0.15) is 0 Å². The van der Waals surface area contributed by atoms with Gasteiger partial charge in [-0.25, -0.2) is 13.1 Å². The number of amides is 1. The van der Waals surface area contributed by atoms with Gasteiger partial charge in [-0.15, -0.1) is 0 Å². The maximum atomic E-state index is 12.3. The van der Waals surface area contributed by atoms with Crippen molar-refractivity contribution in [2.75, 3.05) is 19.0 Å². The van der Waals surface area contributed by atoms with E-state index in [9.17, 15) is 13.2 Å². The molecule has 2 aromatic rings. The summed E-state index contributed by atoms with van der Waals surface area (Å²) in [7, 11) is -2.01. The van der Waals surface area contributed by atoms with Crippen LogP contribution in [0.5, 0.6) is 5.75 Å². The smallest absolute Gasteiger partial charge is 0.255 e. The van der Waals surface area contributed by atoms with Crippen LogP contribution in [0, 0.1) is 5.92 Å². The van der Waals surface area contributed by atoms with Crippen molar-refractivity contribution in [3.05, 3.63) is 54.1 Å². The third kappa shape index (κ3) is 5.57. The van der Waals surface area contributed by atoms with Gasteiger partial charge < -0.3 is 10.1 Å². The number of benzene rings is 2. The van der Waals surface area contributed by atoms with Gasteiger partial charge in [0.25, 0.3) is 5.91 Å². The molecule has 0 aliphatic carbocycles. The third-order valence-corrected chi connectivity index (χ3v) is 5.25. The quantitative estimate of drug-likeness (QED) is 0.740. The molecule has 0 atom stereocenters. The second kappa shape index (κ2) is 8.82. The highest BCUT2D eigenvalue weighted by Gasteiger charge is 2.15. The van der Waals surface area contributed by atoms with E-state index in [1.807, 2.05) is 13.8 Å². The molecule has 0 saturated heterocycles. The molecule has 0 saturated carbocycles. The molecule has 1 amide bonds. The third-order valence-electron chi connectivity index (χ3n) is 3.77. The fourth-order valence-corrected chi connectivity index (χ4v) is 3.30. The first-order chi connectivity index (χ1) is 12.3. The maximum absolute atomic E-state index is 12.3. The Morgan fingerprint density at radius 1 is 1.12 bits per heavy atom. The standard InChI is InChI=1S/C19H24N2O4S/c1-14(2)11-12-20-26(23,24)18-9-7-15(8-10-18)19(22)21-16-5-4-6-17(13-16)25-3/h4-10,13-14,20H,11-12H2,1-3H3,(H,21,22). The number of nitrogens with one attached hydrogen (secondary N) is 2. The zero-order chi connectivity index (χ0) is 19.2. The largest absolute Gasteiger partial charge is 0.497 e. The summed E-state index contributed by atoms with van der Waals surface area (Å²) in [6, 6.07) is 12.8. The molecule has 2 rings (SSSR count). The normalized spacial score (nSPS) is 11.4. The van der Waals surface area contributed by atoms with Crippen LogP contribution in [0.1, 0.15) is 30.6 Å². The summed E-state index contributed by atoms with van der Waals surface area (Å²) in [6.07, 6.45) is 0.764. The number of anilines is 1. The van der Waals surface area contributed by atoms with Gasteiger partial charge in [0, 0.05) is 23.9 Å². The van der Waals surface area contributed by atoms with E-state index in [1.54, 1.807) is 31.4 Å². The van der Waals surface area contributed by atoms with E-state index in [2.05, 4.69) is 10.0 Å². The second-order valence-corrected chi connectivity index (χ2v) is 8.06. The van der Waals surface area contributed by atoms with Crippen LogP contribution >= 0.6 is 0 Å². The Labute approximate surface area is 154 Å². The first kappa shape index (κ1) is 19.9. The summed E-state index contributed by atoms with van der Waals surface area (Å²) < 4.78 is 32.1. The topological polar surface area (TPSA) is 84.5 Å². The first-order valence-corrected chi connectivity index (χ1v) is 9.85. The van der Waals surface area contributed by atoms with Crippen molar-refractivity contribution in [1.82, 2.24) is 4.72 Å². The lowest BCUT2D eigenvalue weighted by Gasteiger charge is -2.10. The van der Waals surface area contributed by atoms with Gasteiger partial charge in [0.15, 0.2) is 0 Å². The average molecular weight is 376 g/mol. The maximum Gasteiger partial charge on any atom is 0.255 e. The van der Waals surface area contributed by atoms with E-state index in [0.717, 1.165) is 6.42 Å². The van der Waals surface area contributed by atoms with Crippen molar-refractivity contribution >= 4 is 21.6 Å². The average Bonchev–Trinajstić information content (AvgIpc) is 2.61. The van der Waals surface area contributed by atoms with Crippen LogP contribution in [0.25, 0.3) is 0 Å². The molecule has 2 N–H and O–H groups in total. The van der Waals surface area contributed by atoms with Gasteiger partial charge in [0.1, 0.15) is 5.75 Å². The summed E-state index contributed by atoms with van der Waals surface area (Å²) in [4.78, 5) is 12.4. The highest BCUT2D eigenvalue weighted by molar-refractivity contribution is 7.89. The number of carbonyl (C=O) groups is 1. The Morgan fingerprint density at radius 3 is 2.42 bits per heavy atom. The van der Waals surface area contributed by atoms with Crippen molar-refractivity contribution in [2.45, 2.75) is 25.2 Å². The number of rotatable bonds is 8. The van der Waals surface area contributed by atoms with Gasteiger partial charge >= 0.3 is 0 Å². The van der Waals surface area contributed by atoms with E-state index < -0.39 is 10.0 Å². The Hall–Kier alpha value is -2.38.